The van der Waals surface area contributed by atoms with Crippen LogP contribution < -0.4 is 63.4 Å². The molecule has 0 saturated carbocycles. The lowest BCUT2D eigenvalue weighted by molar-refractivity contribution is -0.274. The Labute approximate surface area is 412 Å². The molecule has 72 heavy (non-hydrogen) atoms. The van der Waals surface area contributed by atoms with E-state index in [9.17, 15) is 41.9 Å². The Morgan fingerprint density at radius 1 is 0.625 bits per heavy atom. The van der Waals surface area contributed by atoms with Gasteiger partial charge in [0.1, 0.15) is 51.9 Å². The molecule has 0 amide bonds. The molecule has 0 saturated heterocycles. The lowest BCUT2D eigenvalue weighted by Crippen LogP contribution is -2.42. The summed E-state index contributed by atoms with van der Waals surface area (Å²) < 4.78 is 66.2. The highest BCUT2D eigenvalue weighted by molar-refractivity contribution is 5.81. The van der Waals surface area contributed by atoms with Gasteiger partial charge in [0, 0.05) is 39.4 Å². The zero-order valence-electron chi connectivity index (χ0n) is 39.7. The number of Topliss-reactive ketones (excluding diaryl/α,β-unsaturated/α-hetero) is 1. The minimum Gasteiger partial charge on any atom is -0.497 e. The molecule has 0 aliphatic heterocycles. The van der Waals surface area contributed by atoms with Gasteiger partial charge in [-0.15, -0.1) is 13.2 Å². The van der Waals surface area contributed by atoms with Crippen molar-refractivity contribution < 1.29 is 51.6 Å². The van der Waals surface area contributed by atoms with E-state index < -0.39 is 40.6 Å². The van der Waals surface area contributed by atoms with Crippen LogP contribution in [0.15, 0.2) is 116 Å². The molecule has 2 heterocycles. The molecule has 7 N–H and O–H groups in total. The molecule has 388 valence electrons. The van der Waals surface area contributed by atoms with Crippen LogP contribution in [0.3, 0.4) is 0 Å². The zero-order valence-corrected chi connectivity index (χ0v) is 39.7. The average molecular weight is 1010 g/mol. The van der Waals surface area contributed by atoms with Crippen LogP contribution in [0.5, 0.6) is 28.7 Å². The van der Waals surface area contributed by atoms with Crippen LogP contribution in [0.25, 0.3) is 0 Å². The van der Waals surface area contributed by atoms with Gasteiger partial charge in [0.2, 0.25) is 0 Å². The molecule has 2 aromatic heterocycles. The fraction of sp³-hybridized carbons (Fsp3) is 0.320. The van der Waals surface area contributed by atoms with E-state index in [-0.39, 0.29) is 87.2 Å². The number of nitrogen functional groups attached to an aromatic ring is 3. The number of ketones is 1. The first-order chi connectivity index (χ1) is 33.6. The number of carboxylic acids is 1. The second-order valence-corrected chi connectivity index (χ2v) is 15.7. The van der Waals surface area contributed by atoms with E-state index in [1.807, 2.05) is 31.2 Å². The molecule has 19 nitrogen and oxygen atoms in total. The Kier molecular flexibility index (Phi) is 21.8. The highest BCUT2D eigenvalue weighted by atomic mass is 19.4. The Morgan fingerprint density at radius 2 is 1.08 bits per heavy atom. The molecule has 0 aliphatic carbocycles. The number of nitrogens with zero attached hydrogens (tertiary/aromatic N) is 4. The second kappa shape index (κ2) is 27.1. The zero-order chi connectivity index (χ0) is 52.4. The van der Waals surface area contributed by atoms with Gasteiger partial charge in [-0.25, -0.2) is 9.59 Å². The number of benzene rings is 4. The van der Waals surface area contributed by atoms with Gasteiger partial charge in [-0.2, -0.15) is 0 Å². The van der Waals surface area contributed by atoms with Gasteiger partial charge < -0.3 is 46.0 Å². The van der Waals surface area contributed by atoms with Crippen LogP contribution in [0.2, 0.25) is 0 Å². The molecule has 0 aliphatic rings. The largest absolute Gasteiger partial charge is 0.573 e. The minimum atomic E-state index is -4.82. The topological polar surface area (TPSA) is 267 Å². The summed E-state index contributed by atoms with van der Waals surface area (Å²) in [6, 6.07) is 26.7. The maximum atomic E-state index is 13.0. The summed E-state index contributed by atoms with van der Waals surface area (Å²) in [6.45, 7) is 2.60. The van der Waals surface area contributed by atoms with Crippen LogP contribution in [0.1, 0.15) is 55.4 Å². The number of hydrogen-bond donors (Lipinski definition) is 4. The molecule has 0 unspecified atom stereocenters. The van der Waals surface area contributed by atoms with Gasteiger partial charge >= 0.3 is 23.7 Å². The lowest BCUT2D eigenvalue weighted by atomic mass is 10.1. The van der Waals surface area contributed by atoms with E-state index in [2.05, 4.69) is 4.74 Å². The van der Waals surface area contributed by atoms with E-state index in [1.165, 1.54) is 33.3 Å². The Hall–Kier alpha value is -8.43. The Morgan fingerprint density at radius 3 is 1.57 bits per heavy atom. The first-order valence-corrected chi connectivity index (χ1v) is 21.7. The number of ether oxygens (including phenoxy) is 5. The number of methoxy groups -OCH3 is 2. The summed E-state index contributed by atoms with van der Waals surface area (Å²) in [6.07, 6.45) is -4.12. The average Bonchev–Trinajstić information content (AvgIpc) is 3.34. The minimum absolute atomic E-state index is 0. The normalized spacial score (nSPS) is 10.6. The monoisotopic (exact) mass is 1010 g/mol. The first-order valence-electron chi connectivity index (χ1n) is 21.7. The molecule has 6 aromatic rings. The van der Waals surface area contributed by atoms with E-state index >= 15 is 0 Å². The summed E-state index contributed by atoms with van der Waals surface area (Å²) in [5, 5.41) is 8.40. The van der Waals surface area contributed by atoms with E-state index in [0.29, 0.717) is 30.1 Å². The molecule has 6 rings (SSSR count). The SMILES string of the molecule is C.COc1ccc(Cn2c(=O)c(CC(=O)CCCOc3cccc(OC(F)(F)F)c3)c(N)n(C)c2=O)cc1.COc1ccc(Cn2c(=O)c(N)c(N)n(C)c2=O)cc1.Cc1cccc(OCCCC(=O)O)c1. The first kappa shape index (κ1) is 57.9. The van der Waals surface area contributed by atoms with Gasteiger partial charge in [-0.1, -0.05) is 49.9 Å². The van der Waals surface area contributed by atoms with Gasteiger partial charge in [0.05, 0.1) is 46.1 Å². The van der Waals surface area contributed by atoms with Crippen molar-refractivity contribution in [2.75, 3.05) is 44.6 Å². The fourth-order valence-corrected chi connectivity index (χ4v) is 6.55. The Balaban J connectivity index is 0.000000326. The van der Waals surface area contributed by atoms with Crippen molar-refractivity contribution in [2.24, 2.45) is 14.1 Å². The number of alkyl halides is 3. The molecule has 0 fully saturated rings. The van der Waals surface area contributed by atoms with Crippen molar-refractivity contribution in [3.8, 4) is 28.7 Å². The smallest absolute Gasteiger partial charge is 0.497 e. The molecule has 0 radical (unpaired) electrons. The van der Waals surface area contributed by atoms with Crippen molar-refractivity contribution in [3.63, 3.8) is 0 Å². The molecule has 0 bridgehead atoms. The number of hydrogen-bond acceptors (Lipinski definition) is 14. The standard InChI is InChI=1S/C25H26F3N3O6.C13H16N4O3.C11H14O3.CH4/c1-30-22(29)21(23(33)31(24(30)34)15-16-8-10-18(35-2)11-9-16)13-17(32)5-4-12-36-19-6-3-7-20(14-19)37-25(26,27)28;1-16-11(15)10(14)12(18)17(13(16)19)7-8-3-5-9(20-2)6-4-8;1-9-4-2-5-10(8-9)14-7-3-6-11(12)13;/h3,6-11,14H,4-5,12-13,15,29H2,1-2H3;3-6H,7,14-15H2,1-2H3;2,4-5,8H,3,6-7H2,1H3,(H,12,13);1H4. The number of aromatic nitrogens is 4. The van der Waals surface area contributed by atoms with Crippen molar-refractivity contribution >= 4 is 29.1 Å². The van der Waals surface area contributed by atoms with Crippen molar-refractivity contribution in [1.82, 2.24) is 18.3 Å². The van der Waals surface area contributed by atoms with Gasteiger partial charge in [-0.3, -0.25) is 37.4 Å². The molecular weight excluding hydrogens is 948 g/mol. The van der Waals surface area contributed by atoms with E-state index in [0.717, 1.165) is 47.3 Å². The highest BCUT2D eigenvalue weighted by Gasteiger charge is 2.31. The van der Waals surface area contributed by atoms with Crippen LogP contribution in [0.4, 0.5) is 30.5 Å². The predicted octanol–water partition coefficient (Wildman–Crippen LogP) is 5.70. The summed E-state index contributed by atoms with van der Waals surface area (Å²) in [7, 11) is 5.98. The summed E-state index contributed by atoms with van der Waals surface area (Å²) >= 11 is 0. The van der Waals surface area contributed by atoms with Gasteiger partial charge in [0.15, 0.2) is 0 Å². The molecule has 4 aromatic carbocycles. The number of nitrogens with two attached hydrogens (primary N) is 3. The summed E-state index contributed by atoms with van der Waals surface area (Å²) in [5.41, 5.74) is 17.3. The summed E-state index contributed by atoms with van der Waals surface area (Å²) in [5.74, 6) is 0.655. The van der Waals surface area contributed by atoms with Crippen molar-refractivity contribution in [2.45, 2.75) is 65.9 Å². The predicted molar refractivity (Wildman–Crippen MR) is 266 cm³/mol. The third kappa shape index (κ3) is 17.2. The van der Waals surface area contributed by atoms with Crippen LogP contribution >= 0.6 is 0 Å². The summed E-state index contributed by atoms with van der Waals surface area (Å²) in [4.78, 5) is 72.6. The van der Waals surface area contributed by atoms with Crippen LogP contribution in [-0.2, 0) is 43.2 Å². The number of carbonyl (C=O) groups excluding carboxylic acids is 1. The Bertz CT molecular complexity index is 2970. The van der Waals surface area contributed by atoms with Gasteiger partial charge in [-0.05, 0) is 85.0 Å². The number of halogens is 3. The quantitative estimate of drug-likeness (QED) is 0.0709. The maximum Gasteiger partial charge on any atom is 0.573 e. The number of rotatable bonds is 19. The number of aryl methyl sites for hydroxylation is 1. The third-order valence-corrected chi connectivity index (χ3v) is 10.4. The third-order valence-electron chi connectivity index (χ3n) is 10.4. The van der Waals surface area contributed by atoms with E-state index in [4.69, 9.17) is 41.3 Å². The molecular formula is C50H60F3N7O12. The number of carbonyl (C=O) groups is 2. The lowest BCUT2D eigenvalue weighted by Gasteiger charge is -2.14. The molecule has 22 heteroatoms. The van der Waals surface area contributed by atoms with Crippen LogP contribution in [0, 0.1) is 6.92 Å². The van der Waals surface area contributed by atoms with Crippen molar-refractivity contribution in [3.05, 3.63) is 161 Å². The fourth-order valence-electron chi connectivity index (χ4n) is 6.55. The maximum absolute atomic E-state index is 13.0. The number of aliphatic carboxylic acids is 1. The highest BCUT2D eigenvalue weighted by Crippen LogP contribution is 2.26. The van der Waals surface area contributed by atoms with Crippen molar-refractivity contribution in [1.29, 1.82) is 0 Å². The number of carboxylic acid groups (broad SMARTS) is 1. The van der Waals surface area contributed by atoms with Gasteiger partial charge in [0.25, 0.3) is 11.1 Å². The second-order valence-electron chi connectivity index (χ2n) is 15.7. The molecule has 0 spiro atoms. The number of anilines is 3. The van der Waals surface area contributed by atoms with E-state index in [1.54, 1.807) is 55.6 Å². The molecule has 0 atom stereocenters. The van der Waals surface area contributed by atoms with Crippen LogP contribution in [-0.4, -0.2) is 68.9 Å².